The summed E-state index contributed by atoms with van der Waals surface area (Å²) in [5.41, 5.74) is 0.444. The maximum Gasteiger partial charge on any atom is 0.251 e. The van der Waals surface area contributed by atoms with Crippen molar-refractivity contribution in [3.8, 4) is 0 Å². The van der Waals surface area contributed by atoms with Gasteiger partial charge in [0.05, 0.1) is 0 Å². The Bertz CT molecular complexity index is 418. The predicted octanol–water partition coefficient (Wildman–Crippen LogP) is 3.67. The van der Waals surface area contributed by atoms with Crippen molar-refractivity contribution >= 4 is 18.5 Å². The highest BCUT2D eigenvalue weighted by molar-refractivity contribution is 7.80. The van der Waals surface area contributed by atoms with E-state index in [1.165, 1.54) is 18.2 Å². The third-order valence-electron chi connectivity index (χ3n) is 3.32. The van der Waals surface area contributed by atoms with E-state index in [9.17, 15) is 9.18 Å². The highest BCUT2D eigenvalue weighted by Crippen LogP contribution is 2.16. The standard InChI is InChI=1S/C14H20FNOS/c1-4-10(5-2)9(3)16-14(17)11-6-7-12(15)13(18)8-11/h6-10,18H,4-5H2,1-3H3,(H,16,17). The van der Waals surface area contributed by atoms with E-state index in [2.05, 4.69) is 31.8 Å². The van der Waals surface area contributed by atoms with Gasteiger partial charge in [-0.05, 0) is 31.0 Å². The average molecular weight is 269 g/mol. The molecule has 1 unspecified atom stereocenters. The van der Waals surface area contributed by atoms with E-state index < -0.39 is 5.82 Å². The van der Waals surface area contributed by atoms with Gasteiger partial charge in [-0.2, -0.15) is 0 Å². The molecule has 0 bridgehead atoms. The van der Waals surface area contributed by atoms with Crippen LogP contribution < -0.4 is 5.32 Å². The van der Waals surface area contributed by atoms with Gasteiger partial charge in [-0.1, -0.05) is 26.7 Å². The normalized spacial score (nSPS) is 12.6. The first-order chi connectivity index (χ1) is 8.49. The van der Waals surface area contributed by atoms with Crippen molar-refractivity contribution in [3.05, 3.63) is 29.6 Å². The van der Waals surface area contributed by atoms with Crippen LogP contribution in [0, 0.1) is 11.7 Å². The first kappa shape index (κ1) is 15.0. The summed E-state index contributed by atoms with van der Waals surface area (Å²) in [6.07, 6.45) is 2.05. The monoisotopic (exact) mass is 269 g/mol. The molecule has 1 rings (SSSR count). The molecule has 0 radical (unpaired) electrons. The quantitative estimate of drug-likeness (QED) is 0.785. The summed E-state index contributed by atoms with van der Waals surface area (Å²) in [7, 11) is 0. The fourth-order valence-corrected chi connectivity index (χ4v) is 2.27. The molecule has 0 saturated carbocycles. The van der Waals surface area contributed by atoms with Crippen LogP contribution in [-0.4, -0.2) is 11.9 Å². The highest BCUT2D eigenvalue weighted by Gasteiger charge is 2.17. The maximum absolute atomic E-state index is 13.1. The number of thiol groups is 1. The minimum absolute atomic E-state index is 0.112. The summed E-state index contributed by atoms with van der Waals surface area (Å²) in [4.78, 5) is 12.2. The molecule has 1 aromatic rings. The molecular formula is C14H20FNOS. The Labute approximate surface area is 113 Å². The van der Waals surface area contributed by atoms with Crippen molar-refractivity contribution in [1.82, 2.24) is 5.32 Å². The van der Waals surface area contributed by atoms with Crippen molar-refractivity contribution in [3.63, 3.8) is 0 Å². The smallest absolute Gasteiger partial charge is 0.251 e. The SMILES string of the molecule is CCC(CC)C(C)NC(=O)c1ccc(F)c(S)c1. The number of halogens is 1. The number of carbonyl (C=O) groups excluding carboxylic acids is 1. The van der Waals surface area contributed by atoms with Crippen LogP contribution in [0.2, 0.25) is 0 Å². The Morgan fingerprint density at radius 1 is 1.39 bits per heavy atom. The van der Waals surface area contributed by atoms with Crippen molar-refractivity contribution < 1.29 is 9.18 Å². The van der Waals surface area contributed by atoms with Gasteiger partial charge in [0.1, 0.15) is 5.82 Å². The molecule has 2 nitrogen and oxygen atoms in total. The number of hydrogen-bond donors (Lipinski definition) is 2. The van der Waals surface area contributed by atoms with Gasteiger partial charge in [0.25, 0.3) is 5.91 Å². The fraction of sp³-hybridized carbons (Fsp3) is 0.500. The Kier molecular flexibility index (Phi) is 5.66. The molecule has 1 aromatic carbocycles. The lowest BCUT2D eigenvalue weighted by Crippen LogP contribution is -2.37. The van der Waals surface area contributed by atoms with Crippen molar-refractivity contribution in [2.24, 2.45) is 5.92 Å². The van der Waals surface area contributed by atoms with Crippen LogP contribution in [0.5, 0.6) is 0 Å². The van der Waals surface area contributed by atoms with Crippen LogP contribution >= 0.6 is 12.6 Å². The highest BCUT2D eigenvalue weighted by atomic mass is 32.1. The number of amides is 1. The van der Waals surface area contributed by atoms with E-state index >= 15 is 0 Å². The van der Waals surface area contributed by atoms with E-state index in [-0.39, 0.29) is 16.8 Å². The van der Waals surface area contributed by atoms with Gasteiger partial charge in [-0.3, -0.25) is 4.79 Å². The van der Waals surface area contributed by atoms with Crippen LogP contribution in [0.15, 0.2) is 23.1 Å². The van der Waals surface area contributed by atoms with E-state index in [1.807, 2.05) is 6.92 Å². The first-order valence-corrected chi connectivity index (χ1v) is 6.73. The summed E-state index contributed by atoms with van der Waals surface area (Å²) >= 11 is 3.98. The average Bonchev–Trinajstić information content (AvgIpc) is 2.34. The summed E-state index contributed by atoms with van der Waals surface area (Å²) < 4.78 is 13.1. The van der Waals surface area contributed by atoms with Crippen LogP contribution in [0.3, 0.4) is 0 Å². The van der Waals surface area contributed by atoms with Gasteiger partial charge >= 0.3 is 0 Å². The molecule has 18 heavy (non-hydrogen) atoms. The zero-order valence-electron chi connectivity index (χ0n) is 11.0. The zero-order valence-corrected chi connectivity index (χ0v) is 11.9. The summed E-state index contributed by atoms with van der Waals surface area (Å²) in [5.74, 6) is -0.127. The fourth-order valence-electron chi connectivity index (χ4n) is 2.06. The minimum atomic E-state index is -0.414. The molecule has 0 aliphatic rings. The first-order valence-electron chi connectivity index (χ1n) is 6.28. The molecule has 0 fully saturated rings. The summed E-state index contributed by atoms with van der Waals surface area (Å²) in [6.45, 7) is 6.22. The molecule has 0 spiro atoms. The Hall–Kier alpha value is -1.03. The molecule has 0 aliphatic heterocycles. The number of hydrogen-bond acceptors (Lipinski definition) is 2. The second-order valence-corrected chi connectivity index (χ2v) is 4.99. The molecule has 100 valence electrons. The Balaban J connectivity index is 2.73. The third kappa shape index (κ3) is 3.73. The van der Waals surface area contributed by atoms with Crippen molar-refractivity contribution in [2.75, 3.05) is 0 Å². The third-order valence-corrected chi connectivity index (χ3v) is 3.67. The molecule has 0 heterocycles. The summed E-state index contributed by atoms with van der Waals surface area (Å²) in [5, 5.41) is 2.95. The lowest BCUT2D eigenvalue weighted by molar-refractivity contribution is 0.0925. The van der Waals surface area contributed by atoms with E-state index in [0.717, 1.165) is 12.8 Å². The van der Waals surface area contributed by atoms with Crippen molar-refractivity contribution in [1.29, 1.82) is 0 Å². The van der Waals surface area contributed by atoms with Crippen LogP contribution in [-0.2, 0) is 0 Å². The van der Waals surface area contributed by atoms with E-state index in [1.54, 1.807) is 0 Å². The molecule has 0 saturated heterocycles. The zero-order chi connectivity index (χ0) is 13.7. The van der Waals surface area contributed by atoms with E-state index in [0.29, 0.717) is 11.5 Å². The lowest BCUT2D eigenvalue weighted by atomic mass is 9.95. The largest absolute Gasteiger partial charge is 0.349 e. The second kappa shape index (κ2) is 6.78. The Morgan fingerprint density at radius 2 is 2.00 bits per heavy atom. The van der Waals surface area contributed by atoms with E-state index in [4.69, 9.17) is 0 Å². The van der Waals surface area contributed by atoms with Gasteiger partial charge in [0, 0.05) is 16.5 Å². The topological polar surface area (TPSA) is 29.1 Å². The number of carbonyl (C=O) groups is 1. The van der Waals surface area contributed by atoms with Gasteiger partial charge in [0.15, 0.2) is 0 Å². The molecule has 0 aromatic heterocycles. The van der Waals surface area contributed by atoms with Gasteiger partial charge < -0.3 is 5.32 Å². The number of rotatable bonds is 5. The Morgan fingerprint density at radius 3 is 2.50 bits per heavy atom. The van der Waals surface area contributed by atoms with Crippen LogP contribution in [0.25, 0.3) is 0 Å². The molecular weight excluding hydrogens is 249 g/mol. The molecule has 1 atom stereocenters. The molecule has 1 amide bonds. The lowest BCUT2D eigenvalue weighted by Gasteiger charge is -2.22. The molecule has 4 heteroatoms. The van der Waals surface area contributed by atoms with Gasteiger partial charge in [-0.25, -0.2) is 4.39 Å². The predicted molar refractivity (Wildman–Crippen MR) is 74.7 cm³/mol. The molecule has 1 N–H and O–H groups in total. The van der Waals surface area contributed by atoms with Gasteiger partial charge in [0.2, 0.25) is 0 Å². The molecule has 0 aliphatic carbocycles. The van der Waals surface area contributed by atoms with Crippen LogP contribution in [0.4, 0.5) is 4.39 Å². The minimum Gasteiger partial charge on any atom is -0.349 e. The maximum atomic E-state index is 13.1. The number of benzene rings is 1. The van der Waals surface area contributed by atoms with Crippen LogP contribution in [0.1, 0.15) is 44.0 Å². The second-order valence-electron chi connectivity index (χ2n) is 4.50. The van der Waals surface area contributed by atoms with Gasteiger partial charge in [-0.15, -0.1) is 12.6 Å². The number of nitrogens with one attached hydrogen (secondary N) is 1. The van der Waals surface area contributed by atoms with Crippen molar-refractivity contribution in [2.45, 2.75) is 44.6 Å². The summed E-state index contributed by atoms with van der Waals surface area (Å²) in [6, 6.07) is 4.30.